The molecule has 3 aromatic rings. The lowest BCUT2D eigenvalue weighted by atomic mass is 10.1. The van der Waals surface area contributed by atoms with Crippen molar-refractivity contribution >= 4 is 28.5 Å². The molecule has 5 heterocycles. The molecule has 1 saturated heterocycles. The standard InChI is InChI=1S/C18H21N7O/c26-12-4-2-8-24(11-12)15-10-20-16-17(21-15)22-23-18(16)25-9-3-5-13-14(25)6-1-7-19-13/h1,6-7,10,12,26H,2-5,8-9,11H2,(H,21,22,23). The van der Waals surface area contributed by atoms with E-state index < -0.39 is 0 Å². The first-order valence-electron chi connectivity index (χ1n) is 9.15. The lowest BCUT2D eigenvalue weighted by Crippen LogP contribution is -2.38. The number of aliphatic hydroxyl groups excluding tert-OH is 1. The summed E-state index contributed by atoms with van der Waals surface area (Å²) in [6, 6.07) is 4.04. The number of β-amino-alcohol motifs (C(OH)–C–C–N with tert-alkyl or cyclic N) is 1. The smallest absolute Gasteiger partial charge is 0.183 e. The second-order valence-electron chi connectivity index (χ2n) is 6.94. The fourth-order valence-electron chi connectivity index (χ4n) is 3.90. The Bertz CT molecular complexity index is 940. The van der Waals surface area contributed by atoms with Crippen molar-refractivity contribution < 1.29 is 5.11 Å². The molecule has 134 valence electrons. The number of piperidine rings is 1. The number of H-pyrrole nitrogens is 1. The summed E-state index contributed by atoms with van der Waals surface area (Å²) < 4.78 is 0. The zero-order chi connectivity index (χ0) is 17.5. The molecule has 2 aliphatic heterocycles. The number of aromatic amines is 1. The third kappa shape index (κ3) is 2.57. The zero-order valence-electron chi connectivity index (χ0n) is 14.5. The second-order valence-corrected chi connectivity index (χ2v) is 6.94. The Morgan fingerprint density at radius 3 is 3.08 bits per heavy atom. The predicted molar refractivity (Wildman–Crippen MR) is 98.7 cm³/mol. The van der Waals surface area contributed by atoms with Gasteiger partial charge in [0.1, 0.15) is 5.82 Å². The van der Waals surface area contributed by atoms with E-state index in [2.05, 4.69) is 36.0 Å². The minimum Gasteiger partial charge on any atom is -0.391 e. The Morgan fingerprint density at radius 2 is 2.15 bits per heavy atom. The van der Waals surface area contributed by atoms with Crippen LogP contribution in [-0.2, 0) is 6.42 Å². The van der Waals surface area contributed by atoms with E-state index in [0.29, 0.717) is 12.2 Å². The molecular weight excluding hydrogens is 330 g/mol. The van der Waals surface area contributed by atoms with Gasteiger partial charge in [0, 0.05) is 25.8 Å². The highest BCUT2D eigenvalue weighted by atomic mass is 16.3. The van der Waals surface area contributed by atoms with Gasteiger partial charge in [0.2, 0.25) is 0 Å². The Hall–Kier alpha value is -2.74. The third-order valence-corrected chi connectivity index (χ3v) is 5.17. The number of aryl methyl sites for hydroxylation is 1. The van der Waals surface area contributed by atoms with E-state index in [-0.39, 0.29) is 6.10 Å². The van der Waals surface area contributed by atoms with Crippen molar-refractivity contribution in [3.63, 3.8) is 0 Å². The Kier molecular flexibility index (Phi) is 3.70. The molecule has 1 atom stereocenters. The van der Waals surface area contributed by atoms with Gasteiger partial charge in [0.15, 0.2) is 17.0 Å². The van der Waals surface area contributed by atoms with Crippen LogP contribution in [0.4, 0.5) is 17.3 Å². The van der Waals surface area contributed by atoms with Crippen molar-refractivity contribution in [1.29, 1.82) is 0 Å². The van der Waals surface area contributed by atoms with E-state index in [4.69, 9.17) is 4.98 Å². The minimum atomic E-state index is -0.295. The van der Waals surface area contributed by atoms with Crippen molar-refractivity contribution in [2.45, 2.75) is 31.8 Å². The molecule has 26 heavy (non-hydrogen) atoms. The number of anilines is 3. The van der Waals surface area contributed by atoms with Gasteiger partial charge in [-0.05, 0) is 37.8 Å². The molecule has 0 aromatic carbocycles. The fourth-order valence-corrected chi connectivity index (χ4v) is 3.90. The summed E-state index contributed by atoms with van der Waals surface area (Å²) in [5, 5.41) is 17.4. The average molecular weight is 351 g/mol. The summed E-state index contributed by atoms with van der Waals surface area (Å²) in [6.45, 7) is 2.39. The number of hydrogen-bond donors (Lipinski definition) is 2. The van der Waals surface area contributed by atoms with E-state index in [1.54, 1.807) is 6.20 Å². The molecule has 8 heteroatoms. The lowest BCUT2D eigenvalue weighted by molar-refractivity contribution is 0.154. The lowest BCUT2D eigenvalue weighted by Gasteiger charge is -2.30. The number of pyridine rings is 1. The van der Waals surface area contributed by atoms with E-state index in [1.807, 2.05) is 12.3 Å². The molecule has 2 N–H and O–H groups in total. The Balaban J connectivity index is 1.51. The molecular formula is C18H21N7O. The van der Waals surface area contributed by atoms with E-state index >= 15 is 0 Å². The molecule has 8 nitrogen and oxygen atoms in total. The second kappa shape index (κ2) is 6.21. The molecule has 1 unspecified atom stereocenters. The summed E-state index contributed by atoms with van der Waals surface area (Å²) >= 11 is 0. The van der Waals surface area contributed by atoms with Crippen LogP contribution in [-0.4, -0.2) is 56.0 Å². The van der Waals surface area contributed by atoms with Crippen LogP contribution in [0.1, 0.15) is 25.0 Å². The first-order valence-corrected chi connectivity index (χ1v) is 9.15. The van der Waals surface area contributed by atoms with Gasteiger partial charge in [-0.1, -0.05) is 0 Å². The maximum absolute atomic E-state index is 9.90. The molecule has 0 amide bonds. The molecule has 2 aliphatic rings. The van der Waals surface area contributed by atoms with Gasteiger partial charge in [-0.15, -0.1) is 0 Å². The monoisotopic (exact) mass is 351 g/mol. The maximum atomic E-state index is 9.90. The van der Waals surface area contributed by atoms with Gasteiger partial charge in [0.05, 0.1) is 23.7 Å². The third-order valence-electron chi connectivity index (χ3n) is 5.17. The van der Waals surface area contributed by atoms with Crippen LogP contribution in [0.15, 0.2) is 24.5 Å². The molecule has 0 aliphatic carbocycles. The van der Waals surface area contributed by atoms with Gasteiger partial charge in [-0.2, -0.15) is 5.10 Å². The number of nitrogens with zero attached hydrogens (tertiary/aromatic N) is 6. The van der Waals surface area contributed by atoms with Gasteiger partial charge < -0.3 is 14.9 Å². The first-order chi connectivity index (χ1) is 12.8. The largest absolute Gasteiger partial charge is 0.391 e. The van der Waals surface area contributed by atoms with Crippen LogP contribution in [0, 0.1) is 0 Å². The molecule has 0 spiro atoms. The van der Waals surface area contributed by atoms with Crippen LogP contribution in [0.5, 0.6) is 0 Å². The summed E-state index contributed by atoms with van der Waals surface area (Å²) in [7, 11) is 0. The highest BCUT2D eigenvalue weighted by molar-refractivity contribution is 5.87. The predicted octanol–water partition coefficient (Wildman–Crippen LogP) is 1.79. The van der Waals surface area contributed by atoms with Gasteiger partial charge in [-0.3, -0.25) is 10.1 Å². The van der Waals surface area contributed by atoms with Gasteiger partial charge in [-0.25, -0.2) is 9.97 Å². The summed E-state index contributed by atoms with van der Waals surface area (Å²) in [5.41, 5.74) is 3.63. The normalized spacial score (nSPS) is 20.4. The van der Waals surface area contributed by atoms with Crippen molar-refractivity contribution in [3.05, 3.63) is 30.2 Å². The van der Waals surface area contributed by atoms with Crippen LogP contribution >= 0.6 is 0 Å². The highest BCUT2D eigenvalue weighted by Crippen LogP contribution is 2.34. The maximum Gasteiger partial charge on any atom is 0.183 e. The molecule has 3 aromatic heterocycles. The van der Waals surface area contributed by atoms with Crippen molar-refractivity contribution in [3.8, 4) is 0 Å². The SMILES string of the molecule is OC1CCCN(c2cnc3c(N4CCCc5ncccc54)n[nH]c3n2)C1. The van der Waals surface area contributed by atoms with Gasteiger partial charge in [0.25, 0.3) is 0 Å². The molecule has 0 saturated carbocycles. The minimum absolute atomic E-state index is 0.295. The van der Waals surface area contributed by atoms with Crippen molar-refractivity contribution in [1.82, 2.24) is 25.1 Å². The van der Waals surface area contributed by atoms with E-state index in [9.17, 15) is 5.11 Å². The van der Waals surface area contributed by atoms with Crippen molar-refractivity contribution in [2.75, 3.05) is 29.4 Å². The van der Waals surface area contributed by atoms with Crippen LogP contribution in [0.2, 0.25) is 0 Å². The molecule has 0 bridgehead atoms. The number of hydrogen-bond acceptors (Lipinski definition) is 7. The van der Waals surface area contributed by atoms with Crippen LogP contribution in [0.3, 0.4) is 0 Å². The molecule has 5 rings (SSSR count). The van der Waals surface area contributed by atoms with E-state index in [0.717, 1.165) is 67.3 Å². The fraction of sp³-hybridized carbons (Fsp3) is 0.444. The van der Waals surface area contributed by atoms with Crippen molar-refractivity contribution in [2.24, 2.45) is 0 Å². The Labute approximate surface area is 150 Å². The molecule has 1 fully saturated rings. The number of fused-ring (bicyclic) bond motifs is 2. The zero-order valence-corrected chi connectivity index (χ0v) is 14.5. The number of nitrogens with one attached hydrogen (secondary N) is 1. The van der Waals surface area contributed by atoms with E-state index in [1.165, 1.54) is 0 Å². The molecule has 0 radical (unpaired) electrons. The number of aliphatic hydroxyl groups is 1. The first kappa shape index (κ1) is 15.5. The average Bonchev–Trinajstić information content (AvgIpc) is 3.10. The Morgan fingerprint density at radius 1 is 1.19 bits per heavy atom. The highest BCUT2D eigenvalue weighted by Gasteiger charge is 2.25. The quantitative estimate of drug-likeness (QED) is 0.727. The van der Waals surface area contributed by atoms with Gasteiger partial charge >= 0.3 is 0 Å². The van der Waals surface area contributed by atoms with Crippen LogP contribution < -0.4 is 9.80 Å². The summed E-state index contributed by atoms with van der Waals surface area (Å²) in [6.07, 6.45) is 7.17. The summed E-state index contributed by atoms with van der Waals surface area (Å²) in [4.78, 5) is 18.1. The number of aromatic nitrogens is 5. The topological polar surface area (TPSA) is 94.1 Å². The van der Waals surface area contributed by atoms with Crippen LogP contribution in [0.25, 0.3) is 11.2 Å². The number of rotatable bonds is 2. The summed E-state index contributed by atoms with van der Waals surface area (Å²) in [5.74, 6) is 1.58.